The summed E-state index contributed by atoms with van der Waals surface area (Å²) in [7, 11) is 1.65. The highest BCUT2D eigenvalue weighted by Crippen LogP contribution is 2.50. The second kappa shape index (κ2) is 7.34. The maximum atomic E-state index is 13.6. The van der Waals surface area contributed by atoms with Crippen LogP contribution < -0.4 is 10.3 Å². The van der Waals surface area contributed by atoms with Crippen molar-refractivity contribution in [1.29, 1.82) is 0 Å². The van der Waals surface area contributed by atoms with Crippen molar-refractivity contribution in [3.8, 4) is 16.9 Å². The lowest BCUT2D eigenvalue weighted by Crippen LogP contribution is -2.19. The van der Waals surface area contributed by atoms with Gasteiger partial charge in [-0.05, 0) is 53.3 Å². The zero-order valence-electron chi connectivity index (χ0n) is 17.7. The summed E-state index contributed by atoms with van der Waals surface area (Å²) in [6, 6.07) is 28.5. The summed E-state index contributed by atoms with van der Waals surface area (Å²) in [5.41, 5.74) is 4.08. The molecule has 0 radical (unpaired) electrons. The Balaban J connectivity index is 1.41. The fraction of sp³-hybridized carbons (Fsp3) is 0.143. The highest BCUT2D eigenvalue weighted by Gasteiger charge is 2.41. The maximum absolute atomic E-state index is 13.6. The van der Waals surface area contributed by atoms with Gasteiger partial charge in [-0.25, -0.2) is 0 Å². The summed E-state index contributed by atoms with van der Waals surface area (Å²) in [6.45, 7) is 0. The molecule has 0 bridgehead atoms. The van der Waals surface area contributed by atoms with Gasteiger partial charge in [-0.2, -0.15) is 0 Å². The number of rotatable bonds is 4. The van der Waals surface area contributed by atoms with Crippen LogP contribution in [0.15, 0.2) is 95.9 Å². The standard InChI is InChI=1S/C28H22N2O2/c1-32-21-12-9-18(10-13-21)22-7-4-6-20-15-16-30(28(31)27(20)22)26-17-23(26)25-14-11-19-5-2-3-8-24(19)29-25/h2-16,23,26H,17H2,1H3. The molecule has 0 N–H and O–H groups in total. The van der Waals surface area contributed by atoms with Crippen LogP contribution in [0.5, 0.6) is 5.75 Å². The van der Waals surface area contributed by atoms with Crippen molar-refractivity contribution < 1.29 is 4.74 Å². The van der Waals surface area contributed by atoms with E-state index in [1.165, 1.54) is 0 Å². The van der Waals surface area contributed by atoms with Crippen molar-refractivity contribution >= 4 is 21.7 Å². The zero-order chi connectivity index (χ0) is 21.7. The second-order valence-electron chi connectivity index (χ2n) is 8.36. The highest BCUT2D eigenvalue weighted by atomic mass is 16.5. The van der Waals surface area contributed by atoms with Crippen molar-refractivity contribution in [3.05, 3.63) is 107 Å². The van der Waals surface area contributed by atoms with Gasteiger partial charge in [-0.15, -0.1) is 0 Å². The van der Waals surface area contributed by atoms with Gasteiger partial charge < -0.3 is 9.30 Å². The molecule has 156 valence electrons. The van der Waals surface area contributed by atoms with Crippen LogP contribution in [-0.4, -0.2) is 16.7 Å². The smallest absolute Gasteiger partial charge is 0.259 e. The highest BCUT2D eigenvalue weighted by molar-refractivity contribution is 5.96. The fourth-order valence-electron chi connectivity index (χ4n) is 4.67. The number of para-hydroxylation sites is 1. The number of methoxy groups -OCH3 is 1. The van der Waals surface area contributed by atoms with Crippen LogP contribution in [0.3, 0.4) is 0 Å². The first-order valence-corrected chi connectivity index (χ1v) is 10.9. The van der Waals surface area contributed by atoms with Gasteiger partial charge in [0.15, 0.2) is 0 Å². The molecule has 5 aromatic rings. The zero-order valence-corrected chi connectivity index (χ0v) is 17.7. The predicted octanol–water partition coefficient (Wildman–Crippen LogP) is 5.95. The van der Waals surface area contributed by atoms with E-state index in [0.717, 1.165) is 50.7 Å². The molecule has 2 unspecified atom stereocenters. The van der Waals surface area contributed by atoms with E-state index in [1.54, 1.807) is 7.11 Å². The van der Waals surface area contributed by atoms with Crippen LogP contribution in [0.1, 0.15) is 24.1 Å². The van der Waals surface area contributed by atoms with E-state index >= 15 is 0 Å². The molecule has 0 aliphatic heterocycles. The molecule has 2 atom stereocenters. The maximum Gasteiger partial charge on any atom is 0.259 e. The third-order valence-electron chi connectivity index (χ3n) is 6.47. The van der Waals surface area contributed by atoms with E-state index in [9.17, 15) is 4.79 Å². The van der Waals surface area contributed by atoms with E-state index in [2.05, 4.69) is 18.2 Å². The Hall–Kier alpha value is -3.92. The number of hydrogen-bond acceptors (Lipinski definition) is 3. The van der Waals surface area contributed by atoms with Crippen molar-refractivity contribution in [3.63, 3.8) is 0 Å². The lowest BCUT2D eigenvalue weighted by atomic mass is 9.99. The minimum atomic E-state index is 0.0576. The number of nitrogens with zero attached hydrogens (tertiary/aromatic N) is 2. The quantitative estimate of drug-likeness (QED) is 0.362. The van der Waals surface area contributed by atoms with Crippen LogP contribution >= 0.6 is 0 Å². The number of benzene rings is 3. The third-order valence-corrected chi connectivity index (χ3v) is 6.47. The Morgan fingerprint density at radius 3 is 2.53 bits per heavy atom. The molecule has 2 heterocycles. The van der Waals surface area contributed by atoms with Crippen molar-refractivity contribution in [2.45, 2.75) is 18.4 Å². The van der Waals surface area contributed by atoms with Gasteiger partial charge in [-0.1, -0.05) is 54.6 Å². The first-order chi connectivity index (χ1) is 15.7. The number of hydrogen-bond donors (Lipinski definition) is 0. The topological polar surface area (TPSA) is 44.1 Å². The minimum absolute atomic E-state index is 0.0576. The lowest BCUT2D eigenvalue weighted by Gasteiger charge is -2.11. The van der Waals surface area contributed by atoms with Gasteiger partial charge in [0.2, 0.25) is 0 Å². The summed E-state index contributed by atoms with van der Waals surface area (Å²) in [4.78, 5) is 18.5. The molecular formula is C28H22N2O2. The van der Waals surface area contributed by atoms with E-state index in [1.807, 2.05) is 77.5 Å². The SMILES string of the molecule is COc1ccc(-c2cccc3ccn(C4CC4c4ccc5ccccc5n4)c(=O)c23)cc1. The van der Waals surface area contributed by atoms with E-state index < -0.39 is 0 Å². The third kappa shape index (κ3) is 3.07. The molecule has 32 heavy (non-hydrogen) atoms. The number of fused-ring (bicyclic) bond motifs is 2. The van der Waals surface area contributed by atoms with Crippen LogP contribution in [0, 0.1) is 0 Å². The molecule has 3 aromatic carbocycles. The Morgan fingerprint density at radius 2 is 1.69 bits per heavy atom. The van der Waals surface area contributed by atoms with Crippen LogP contribution in [0.4, 0.5) is 0 Å². The van der Waals surface area contributed by atoms with Crippen LogP contribution in [-0.2, 0) is 0 Å². The lowest BCUT2D eigenvalue weighted by molar-refractivity contribution is 0.415. The summed E-state index contributed by atoms with van der Waals surface area (Å²) < 4.78 is 7.18. The molecule has 0 saturated heterocycles. The average Bonchev–Trinajstić information content (AvgIpc) is 3.64. The Labute approximate surface area is 185 Å². The van der Waals surface area contributed by atoms with Gasteiger partial charge in [-0.3, -0.25) is 9.78 Å². The van der Waals surface area contributed by atoms with Crippen molar-refractivity contribution in [2.75, 3.05) is 7.11 Å². The van der Waals surface area contributed by atoms with Gasteiger partial charge in [0.05, 0.1) is 18.0 Å². The van der Waals surface area contributed by atoms with Crippen molar-refractivity contribution in [2.24, 2.45) is 0 Å². The molecule has 0 amide bonds. The molecule has 1 saturated carbocycles. The minimum Gasteiger partial charge on any atom is -0.497 e. The van der Waals surface area contributed by atoms with Crippen LogP contribution in [0.25, 0.3) is 32.8 Å². The summed E-state index contributed by atoms with van der Waals surface area (Å²) in [5.74, 6) is 1.07. The number of pyridine rings is 2. The molecule has 6 rings (SSSR count). The molecule has 2 aromatic heterocycles. The number of ether oxygens (including phenoxy) is 1. The molecule has 4 heteroatoms. The first kappa shape index (κ1) is 18.8. The van der Waals surface area contributed by atoms with Gasteiger partial charge in [0.25, 0.3) is 5.56 Å². The second-order valence-corrected chi connectivity index (χ2v) is 8.36. The Bertz CT molecular complexity index is 1520. The molecule has 1 fully saturated rings. The van der Waals surface area contributed by atoms with Crippen LogP contribution in [0.2, 0.25) is 0 Å². The van der Waals surface area contributed by atoms with Gasteiger partial charge in [0, 0.05) is 29.2 Å². The molecule has 0 spiro atoms. The average molecular weight is 418 g/mol. The normalized spacial score (nSPS) is 17.5. The largest absolute Gasteiger partial charge is 0.497 e. The van der Waals surface area contributed by atoms with Crippen molar-refractivity contribution in [1.82, 2.24) is 9.55 Å². The Morgan fingerprint density at radius 1 is 0.875 bits per heavy atom. The Kier molecular flexibility index (Phi) is 4.32. The van der Waals surface area contributed by atoms with Gasteiger partial charge >= 0.3 is 0 Å². The monoisotopic (exact) mass is 418 g/mol. The predicted molar refractivity (Wildman–Crippen MR) is 128 cm³/mol. The first-order valence-electron chi connectivity index (χ1n) is 10.9. The van der Waals surface area contributed by atoms with E-state index in [4.69, 9.17) is 9.72 Å². The summed E-state index contributed by atoms with van der Waals surface area (Å²) >= 11 is 0. The summed E-state index contributed by atoms with van der Waals surface area (Å²) in [5, 5.41) is 2.86. The fourth-order valence-corrected chi connectivity index (χ4v) is 4.67. The van der Waals surface area contributed by atoms with E-state index in [0.29, 0.717) is 0 Å². The molecule has 1 aliphatic carbocycles. The van der Waals surface area contributed by atoms with E-state index in [-0.39, 0.29) is 17.5 Å². The number of aromatic nitrogens is 2. The molecule has 1 aliphatic rings. The molecular weight excluding hydrogens is 396 g/mol. The van der Waals surface area contributed by atoms with Gasteiger partial charge in [0.1, 0.15) is 5.75 Å². The molecule has 4 nitrogen and oxygen atoms in total. The summed E-state index contributed by atoms with van der Waals surface area (Å²) in [6.07, 6.45) is 2.87.